The Kier molecular flexibility index (Phi) is 2.00. The number of para-hydroxylation sites is 1. The van der Waals surface area contributed by atoms with Crippen LogP contribution in [0.25, 0.3) is 10.9 Å². The SMILES string of the molecule is CCc1cc2cccc(C(=O)O)c2[nH]1. The lowest BCUT2D eigenvalue weighted by atomic mass is 10.1. The number of rotatable bonds is 2. The van der Waals surface area contributed by atoms with Crippen molar-refractivity contribution in [3.63, 3.8) is 0 Å². The summed E-state index contributed by atoms with van der Waals surface area (Å²) in [6.45, 7) is 2.03. The maximum atomic E-state index is 10.9. The topological polar surface area (TPSA) is 53.1 Å². The summed E-state index contributed by atoms with van der Waals surface area (Å²) >= 11 is 0. The molecule has 0 aliphatic heterocycles. The van der Waals surface area contributed by atoms with E-state index in [-0.39, 0.29) is 0 Å². The molecule has 14 heavy (non-hydrogen) atoms. The number of aromatic carboxylic acids is 1. The van der Waals surface area contributed by atoms with E-state index in [0.717, 1.165) is 23.0 Å². The van der Waals surface area contributed by atoms with E-state index in [1.165, 1.54) is 0 Å². The molecule has 3 heteroatoms. The van der Waals surface area contributed by atoms with Gasteiger partial charge in [-0.25, -0.2) is 4.79 Å². The Morgan fingerprint density at radius 1 is 1.50 bits per heavy atom. The van der Waals surface area contributed by atoms with Crippen molar-refractivity contribution in [2.24, 2.45) is 0 Å². The van der Waals surface area contributed by atoms with Crippen LogP contribution in [-0.2, 0) is 6.42 Å². The van der Waals surface area contributed by atoms with Gasteiger partial charge in [0.15, 0.2) is 0 Å². The molecule has 0 spiro atoms. The highest BCUT2D eigenvalue weighted by molar-refractivity contribution is 6.02. The van der Waals surface area contributed by atoms with Crippen molar-refractivity contribution < 1.29 is 9.90 Å². The first-order chi connectivity index (χ1) is 6.72. The second-order valence-electron chi connectivity index (χ2n) is 3.22. The molecule has 2 aromatic rings. The fourth-order valence-electron chi connectivity index (χ4n) is 1.58. The monoisotopic (exact) mass is 189 g/mol. The number of carbonyl (C=O) groups is 1. The van der Waals surface area contributed by atoms with Crippen molar-refractivity contribution in [3.8, 4) is 0 Å². The minimum Gasteiger partial charge on any atom is -0.478 e. The van der Waals surface area contributed by atoms with Gasteiger partial charge in [0.25, 0.3) is 0 Å². The van der Waals surface area contributed by atoms with E-state index in [9.17, 15) is 4.79 Å². The molecule has 72 valence electrons. The number of fused-ring (bicyclic) bond motifs is 1. The summed E-state index contributed by atoms with van der Waals surface area (Å²) in [6.07, 6.45) is 0.883. The summed E-state index contributed by atoms with van der Waals surface area (Å²) in [5.41, 5.74) is 2.12. The molecular formula is C11H11NO2. The summed E-state index contributed by atoms with van der Waals surface area (Å²) in [5, 5.41) is 9.90. The van der Waals surface area contributed by atoms with Crippen LogP contribution in [0.5, 0.6) is 0 Å². The lowest BCUT2D eigenvalue weighted by Crippen LogP contribution is -1.96. The van der Waals surface area contributed by atoms with Crippen molar-refractivity contribution in [3.05, 3.63) is 35.5 Å². The molecule has 1 aromatic carbocycles. The van der Waals surface area contributed by atoms with Gasteiger partial charge in [-0.2, -0.15) is 0 Å². The summed E-state index contributed by atoms with van der Waals surface area (Å²) in [6, 6.07) is 7.28. The third-order valence-corrected chi connectivity index (χ3v) is 2.32. The van der Waals surface area contributed by atoms with Gasteiger partial charge >= 0.3 is 5.97 Å². The Balaban J connectivity index is 2.73. The van der Waals surface area contributed by atoms with Crippen LogP contribution in [0.15, 0.2) is 24.3 Å². The van der Waals surface area contributed by atoms with Crippen LogP contribution >= 0.6 is 0 Å². The van der Waals surface area contributed by atoms with Gasteiger partial charge in [-0.1, -0.05) is 19.1 Å². The van der Waals surface area contributed by atoms with Crippen LogP contribution in [0.2, 0.25) is 0 Å². The summed E-state index contributed by atoms with van der Waals surface area (Å²) in [5.74, 6) is -0.889. The zero-order valence-electron chi connectivity index (χ0n) is 7.87. The van der Waals surface area contributed by atoms with Crippen LogP contribution in [0.4, 0.5) is 0 Å². The number of carboxylic acid groups (broad SMARTS) is 1. The Morgan fingerprint density at radius 2 is 2.29 bits per heavy atom. The second kappa shape index (κ2) is 3.18. The van der Waals surface area contributed by atoms with E-state index in [1.807, 2.05) is 19.1 Å². The maximum absolute atomic E-state index is 10.9. The molecule has 0 unspecified atom stereocenters. The van der Waals surface area contributed by atoms with Gasteiger partial charge in [0.05, 0.1) is 11.1 Å². The lowest BCUT2D eigenvalue weighted by molar-refractivity contribution is 0.0699. The normalized spacial score (nSPS) is 10.6. The second-order valence-corrected chi connectivity index (χ2v) is 3.22. The van der Waals surface area contributed by atoms with Crippen LogP contribution in [0, 0.1) is 0 Å². The number of hydrogen-bond donors (Lipinski definition) is 2. The predicted octanol–water partition coefficient (Wildman–Crippen LogP) is 2.43. The van der Waals surface area contributed by atoms with Crippen LogP contribution in [-0.4, -0.2) is 16.1 Å². The van der Waals surface area contributed by atoms with Gasteiger partial charge in [0, 0.05) is 11.1 Å². The average molecular weight is 189 g/mol. The molecule has 0 saturated heterocycles. The van der Waals surface area contributed by atoms with Crippen LogP contribution in [0.1, 0.15) is 23.0 Å². The van der Waals surface area contributed by atoms with Gasteiger partial charge < -0.3 is 10.1 Å². The number of aromatic nitrogens is 1. The van der Waals surface area contributed by atoms with Crippen LogP contribution < -0.4 is 0 Å². The molecule has 0 radical (unpaired) electrons. The van der Waals surface area contributed by atoms with Crippen molar-refractivity contribution in [2.75, 3.05) is 0 Å². The zero-order chi connectivity index (χ0) is 10.1. The molecular weight excluding hydrogens is 178 g/mol. The first-order valence-electron chi connectivity index (χ1n) is 4.56. The Bertz CT molecular complexity index is 485. The fraction of sp³-hybridized carbons (Fsp3) is 0.182. The zero-order valence-corrected chi connectivity index (χ0v) is 7.87. The third kappa shape index (κ3) is 1.27. The van der Waals surface area contributed by atoms with E-state index in [4.69, 9.17) is 5.11 Å². The molecule has 1 aromatic heterocycles. The number of benzene rings is 1. The summed E-state index contributed by atoms with van der Waals surface area (Å²) in [4.78, 5) is 14.0. The number of hydrogen-bond acceptors (Lipinski definition) is 1. The van der Waals surface area contributed by atoms with E-state index < -0.39 is 5.97 Å². The lowest BCUT2D eigenvalue weighted by Gasteiger charge is -1.95. The third-order valence-electron chi connectivity index (χ3n) is 2.32. The van der Waals surface area contributed by atoms with Crippen LogP contribution in [0.3, 0.4) is 0 Å². The quantitative estimate of drug-likeness (QED) is 0.762. The molecule has 0 fully saturated rings. The molecule has 1 heterocycles. The van der Waals surface area contributed by atoms with Gasteiger partial charge in [-0.3, -0.25) is 0 Å². The molecule has 0 bridgehead atoms. The van der Waals surface area contributed by atoms with Gasteiger partial charge in [0.2, 0.25) is 0 Å². The average Bonchev–Trinajstić information content (AvgIpc) is 2.59. The number of carboxylic acids is 1. The van der Waals surface area contributed by atoms with Crippen molar-refractivity contribution >= 4 is 16.9 Å². The molecule has 0 atom stereocenters. The van der Waals surface area contributed by atoms with E-state index >= 15 is 0 Å². The smallest absolute Gasteiger partial charge is 0.337 e. The minimum atomic E-state index is -0.889. The largest absolute Gasteiger partial charge is 0.478 e. The molecule has 0 aliphatic carbocycles. The van der Waals surface area contributed by atoms with Crippen molar-refractivity contribution in [1.82, 2.24) is 4.98 Å². The first kappa shape index (κ1) is 8.81. The number of aryl methyl sites for hydroxylation is 1. The Morgan fingerprint density at radius 3 is 2.93 bits per heavy atom. The summed E-state index contributed by atoms with van der Waals surface area (Å²) < 4.78 is 0. The predicted molar refractivity (Wildman–Crippen MR) is 54.6 cm³/mol. The number of H-pyrrole nitrogens is 1. The highest BCUT2D eigenvalue weighted by Crippen LogP contribution is 2.19. The number of aromatic amines is 1. The molecule has 0 saturated carbocycles. The van der Waals surface area contributed by atoms with Crippen molar-refractivity contribution in [2.45, 2.75) is 13.3 Å². The highest BCUT2D eigenvalue weighted by atomic mass is 16.4. The molecule has 0 amide bonds. The minimum absolute atomic E-state index is 0.335. The van der Waals surface area contributed by atoms with E-state index in [2.05, 4.69) is 4.98 Å². The van der Waals surface area contributed by atoms with E-state index in [0.29, 0.717) is 5.56 Å². The standard InChI is InChI=1S/C11H11NO2/c1-2-8-6-7-4-3-5-9(11(13)14)10(7)12-8/h3-6,12H,2H2,1H3,(H,13,14). The van der Waals surface area contributed by atoms with Gasteiger partial charge in [-0.15, -0.1) is 0 Å². The number of nitrogens with one attached hydrogen (secondary N) is 1. The van der Waals surface area contributed by atoms with E-state index in [1.54, 1.807) is 12.1 Å². The highest BCUT2D eigenvalue weighted by Gasteiger charge is 2.09. The molecule has 2 N–H and O–H groups in total. The fourth-order valence-corrected chi connectivity index (χ4v) is 1.58. The maximum Gasteiger partial charge on any atom is 0.337 e. The molecule has 2 rings (SSSR count). The Labute approximate surface area is 81.4 Å². The van der Waals surface area contributed by atoms with Gasteiger partial charge in [0.1, 0.15) is 0 Å². The molecule has 0 aliphatic rings. The van der Waals surface area contributed by atoms with Gasteiger partial charge in [-0.05, 0) is 18.6 Å². The first-order valence-corrected chi connectivity index (χ1v) is 4.56. The Hall–Kier alpha value is -1.77. The molecule has 3 nitrogen and oxygen atoms in total. The summed E-state index contributed by atoms with van der Waals surface area (Å²) in [7, 11) is 0. The van der Waals surface area contributed by atoms with Crippen molar-refractivity contribution in [1.29, 1.82) is 0 Å².